The van der Waals surface area contributed by atoms with Gasteiger partial charge in [-0.15, -0.1) is 0 Å². The summed E-state index contributed by atoms with van der Waals surface area (Å²) in [5.74, 6) is 0.619. The second-order valence-corrected chi connectivity index (χ2v) is 15.0. The van der Waals surface area contributed by atoms with Gasteiger partial charge in [0.1, 0.15) is 12.4 Å². The number of ketones is 1. The first kappa shape index (κ1) is 30.0. The van der Waals surface area contributed by atoms with Crippen molar-refractivity contribution in [1.29, 1.82) is 0 Å². The summed E-state index contributed by atoms with van der Waals surface area (Å²) in [5, 5.41) is 0. The first-order valence-corrected chi connectivity index (χ1v) is 15.9. The summed E-state index contributed by atoms with van der Waals surface area (Å²) in [4.78, 5) is 41.1. The standard InChI is InChI=1S/C36H51NO4/c1-33(2)29-15-14-28-27(34(29,3)20-19-30(33)38)18-22-35(4)26(17-21-36(28,35)5)25(13-16-31(39)37(6)7)32(40)41-23-24-11-9-8-10-12-24/h8-12,25-26,29H,13-23H2,1-7H3/t25-,26-,29-,34+,35-,36+/m0/s1. The number of esters is 1. The molecule has 0 bridgehead atoms. The highest BCUT2D eigenvalue weighted by atomic mass is 16.5. The topological polar surface area (TPSA) is 63.7 Å². The Morgan fingerprint density at radius 2 is 1.63 bits per heavy atom. The quantitative estimate of drug-likeness (QED) is 0.255. The van der Waals surface area contributed by atoms with Crippen LogP contribution in [0, 0.1) is 39.4 Å². The number of amides is 1. The number of hydrogen-bond donors (Lipinski definition) is 0. The number of carbonyl (C=O) groups excluding carboxylic acids is 3. The van der Waals surface area contributed by atoms with Crippen molar-refractivity contribution in [2.75, 3.05) is 14.1 Å². The highest BCUT2D eigenvalue weighted by molar-refractivity contribution is 5.86. The largest absolute Gasteiger partial charge is 0.461 e. The van der Waals surface area contributed by atoms with Crippen molar-refractivity contribution in [2.24, 2.45) is 39.4 Å². The third-order valence-corrected chi connectivity index (χ3v) is 12.7. The molecule has 0 aliphatic heterocycles. The predicted octanol–water partition coefficient (Wildman–Crippen LogP) is 7.53. The molecule has 2 saturated carbocycles. The van der Waals surface area contributed by atoms with Crippen LogP contribution in [0.2, 0.25) is 0 Å². The summed E-state index contributed by atoms with van der Waals surface area (Å²) >= 11 is 0. The van der Waals surface area contributed by atoms with Gasteiger partial charge in [-0.05, 0) is 85.0 Å². The zero-order chi connectivity index (χ0) is 29.8. The Hall–Kier alpha value is -2.43. The molecule has 0 heterocycles. The van der Waals surface area contributed by atoms with Crippen molar-refractivity contribution in [3.8, 4) is 0 Å². The number of Topliss-reactive ketones (excluding diaryl/α,β-unsaturated/α-hetero) is 1. The van der Waals surface area contributed by atoms with E-state index in [1.807, 2.05) is 30.3 Å². The summed E-state index contributed by atoms with van der Waals surface area (Å²) in [6.07, 6.45) is 8.83. The molecule has 1 amide bonds. The molecule has 5 heteroatoms. The number of nitrogens with zero attached hydrogens (tertiary/aromatic N) is 1. The second kappa shape index (κ2) is 10.7. The molecule has 0 N–H and O–H groups in total. The van der Waals surface area contributed by atoms with Crippen molar-refractivity contribution in [2.45, 2.75) is 105 Å². The van der Waals surface area contributed by atoms with Crippen LogP contribution in [0.5, 0.6) is 0 Å². The van der Waals surface area contributed by atoms with E-state index in [4.69, 9.17) is 4.74 Å². The van der Waals surface area contributed by atoms with E-state index >= 15 is 0 Å². The molecular formula is C36H51NO4. The fourth-order valence-corrected chi connectivity index (χ4v) is 10.00. The molecule has 5 nitrogen and oxygen atoms in total. The Labute approximate surface area is 247 Å². The van der Waals surface area contributed by atoms with Gasteiger partial charge in [0, 0.05) is 32.4 Å². The van der Waals surface area contributed by atoms with E-state index in [2.05, 4.69) is 34.6 Å². The van der Waals surface area contributed by atoms with Crippen LogP contribution in [0.4, 0.5) is 0 Å². The van der Waals surface area contributed by atoms with Crippen LogP contribution >= 0.6 is 0 Å². The highest BCUT2D eigenvalue weighted by Crippen LogP contribution is 2.72. The molecule has 0 spiro atoms. The molecule has 0 radical (unpaired) electrons. The Balaban J connectivity index is 1.45. The van der Waals surface area contributed by atoms with E-state index in [0.717, 1.165) is 50.5 Å². The first-order valence-electron chi connectivity index (χ1n) is 15.9. The SMILES string of the molecule is CN(C)C(=O)CC[C@H](C(=O)OCc1ccccc1)[C@@H]1CC[C@]2(C)C3=C(CC[C@@]12C)[C@@]1(C)CCC(=O)C(C)(C)[C@@H]1CC3. The normalized spacial score (nSPS) is 34.8. The minimum Gasteiger partial charge on any atom is -0.461 e. The smallest absolute Gasteiger partial charge is 0.309 e. The molecule has 1 aromatic rings. The Kier molecular flexibility index (Phi) is 7.83. The summed E-state index contributed by atoms with van der Waals surface area (Å²) in [5.41, 5.74) is 4.07. The average Bonchev–Trinajstić information content (AvgIpc) is 3.21. The number of ether oxygens (including phenoxy) is 1. The van der Waals surface area contributed by atoms with E-state index in [1.54, 1.807) is 30.1 Å². The molecule has 1 aromatic carbocycles. The minimum atomic E-state index is -0.297. The van der Waals surface area contributed by atoms with Gasteiger partial charge < -0.3 is 9.64 Å². The van der Waals surface area contributed by atoms with Crippen molar-refractivity contribution in [3.05, 3.63) is 47.0 Å². The van der Waals surface area contributed by atoms with Crippen molar-refractivity contribution in [3.63, 3.8) is 0 Å². The van der Waals surface area contributed by atoms with Gasteiger partial charge in [-0.2, -0.15) is 0 Å². The maximum atomic E-state index is 13.8. The Morgan fingerprint density at radius 3 is 2.32 bits per heavy atom. The molecular weight excluding hydrogens is 510 g/mol. The average molecular weight is 562 g/mol. The molecule has 6 atom stereocenters. The molecule has 224 valence electrons. The third kappa shape index (κ3) is 4.79. The minimum absolute atomic E-state index is 0.0222. The van der Waals surface area contributed by atoms with E-state index in [1.165, 1.54) is 0 Å². The van der Waals surface area contributed by atoms with Gasteiger partial charge in [0.2, 0.25) is 5.91 Å². The van der Waals surface area contributed by atoms with Crippen molar-refractivity contribution < 1.29 is 19.1 Å². The molecule has 0 unspecified atom stereocenters. The molecule has 0 saturated heterocycles. The molecule has 5 rings (SSSR count). The lowest BCUT2D eigenvalue weighted by molar-refractivity contribution is -0.155. The Bertz CT molecular complexity index is 1230. The van der Waals surface area contributed by atoms with Crippen LogP contribution in [0.3, 0.4) is 0 Å². The molecule has 4 aliphatic carbocycles. The van der Waals surface area contributed by atoms with E-state index in [-0.39, 0.29) is 52.0 Å². The van der Waals surface area contributed by atoms with Gasteiger partial charge in [-0.25, -0.2) is 0 Å². The fourth-order valence-electron chi connectivity index (χ4n) is 10.00. The number of rotatable bonds is 7. The van der Waals surface area contributed by atoms with Gasteiger partial charge in [0.05, 0.1) is 5.92 Å². The van der Waals surface area contributed by atoms with Gasteiger partial charge in [-0.3, -0.25) is 14.4 Å². The number of hydrogen-bond acceptors (Lipinski definition) is 4. The molecule has 41 heavy (non-hydrogen) atoms. The monoisotopic (exact) mass is 561 g/mol. The maximum absolute atomic E-state index is 13.8. The van der Waals surface area contributed by atoms with E-state index < -0.39 is 0 Å². The van der Waals surface area contributed by atoms with Gasteiger partial charge >= 0.3 is 5.97 Å². The van der Waals surface area contributed by atoms with Gasteiger partial charge in [0.15, 0.2) is 0 Å². The number of allylic oxidation sites excluding steroid dienone is 2. The van der Waals surface area contributed by atoms with Crippen LogP contribution in [0.15, 0.2) is 41.5 Å². The predicted molar refractivity (Wildman–Crippen MR) is 162 cm³/mol. The fraction of sp³-hybridized carbons (Fsp3) is 0.694. The maximum Gasteiger partial charge on any atom is 0.309 e. The van der Waals surface area contributed by atoms with Gasteiger partial charge in [-0.1, -0.05) is 76.1 Å². The lowest BCUT2D eigenvalue weighted by Crippen LogP contribution is -2.54. The van der Waals surface area contributed by atoms with E-state index in [9.17, 15) is 14.4 Å². The summed E-state index contributed by atoms with van der Waals surface area (Å²) in [6.45, 7) is 12.0. The van der Waals surface area contributed by atoms with Crippen molar-refractivity contribution in [1.82, 2.24) is 4.90 Å². The Morgan fingerprint density at radius 1 is 0.927 bits per heavy atom. The van der Waals surface area contributed by atoms with Crippen LogP contribution in [-0.2, 0) is 25.7 Å². The second-order valence-electron chi connectivity index (χ2n) is 15.0. The molecule has 4 aliphatic rings. The lowest BCUT2D eigenvalue weighted by atomic mass is 9.43. The number of benzene rings is 1. The summed E-state index contributed by atoms with van der Waals surface area (Å²) in [6, 6.07) is 9.86. The zero-order valence-corrected chi connectivity index (χ0v) is 26.5. The van der Waals surface area contributed by atoms with Crippen LogP contribution in [0.1, 0.15) is 104 Å². The highest BCUT2D eigenvalue weighted by Gasteiger charge is 2.64. The summed E-state index contributed by atoms with van der Waals surface area (Å²) in [7, 11) is 3.57. The summed E-state index contributed by atoms with van der Waals surface area (Å²) < 4.78 is 5.97. The van der Waals surface area contributed by atoms with Gasteiger partial charge in [0.25, 0.3) is 0 Å². The van der Waals surface area contributed by atoms with Crippen LogP contribution in [0.25, 0.3) is 0 Å². The van der Waals surface area contributed by atoms with Crippen LogP contribution < -0.4 is 0 Å². The zero-order valence-electron chi connectivity index (χ0n) is 26.5. The van der Waals surface area contributed by atoms with E-state index in [0.29, 0.717) is 31.0 Å². The third-order valence-electron chi connectivity index (χ3n) is 12.7. The first-order chi connectivity index (χ1) is 19.3. The van der Waals surface area contributed by atoms with Crippen molar-refractivity contribution >= 4 is 17.7 Å². The molecule has 2 fully saturated rings. The lowest BCUT2D eigenvalue weighted by Gasteiger charge is -2.60. The molecule has 0 aromatic heterocycles. The van der Waals surface area contributed by atoms with Crippen LogP contribution in [-0.4, -0.2) is 36.7 Å². The number of carbonyl (C=O) groups is 3. The number of fused-ring (bicyclic) bond motifs is 4.